The maximum absolute atomic E-state index is 10.5. The number of hydrogen-bond acceptors (Lipinski definition) is 3. The van der Waals surface area contributed by atoms with Crippen LogP contribution in [0.3, 0.4) is 0 Å². The third kappa shape index (κ3) is 8.70. The maximum atomic E-state index is 10.5. The molecular formula is C8H11N3O2S. The van der Waals surface area contributed by atoms with E-state index in [9.17, 15) is 4.79 Å². The minimum Gasteiger partial charge on any atom is -0.461 e. The van der Waals surface area contributed by atoms with E-state index in [1.165, 1.54) is 0 Å². The second-order valence-electron chi connectivity index (χ2n) is 2.08. The van der Waals surface area contributed by atoms with Gasteiger partial charge in [-0.15, -0.1) is 11.8 Å². The summed E-state index contributed by atoms with van der Waals surface area (Å²) in [6, 6.07) is 0. The predicted octanol–water partition coefficient (Wildman–Crippen LogP) is 3.26. The quantitative estimate of drug-likeness (QED) is 0.231. The molecule has 14 heavy (non-hydrogen) atoms. The van der Waals surface area contributed by atoms with Crippen molar-refractivity contribution in [2.75, 3.05) is 12.9 Å². The standard InChI is InChI=1S/C8H11N3O2S/c1-14-7-5-3-2-4-6-13-8(12)10-11-9/h2-3,5,7H,4,6H2,1H3/b3-2+,7-5+. The van der Waals surface area contributed by atoms with Crippen LogP contribution >= 0.6 is 11.8 Å². The van der Waals surface area contributed by atoms with Crippen LogP contribution in [-0.2, 0) is 4.74 Å². The van der Waals surface area contributed by atoms with Crippen LogP contribution in [0.15, 0.2) is 28.8 Å². The summed E-state index contributed by atoms with van der Waals surface area (Å²) in [4.78, 5) is 12.8. The van der Waals surface area contributed by atoms with Crippen LogP contribution < -0.4 is 0 Å². The Morgan fingerprint density at radius 3 is 3.07 bits per heavy atom. The lowest BCUT2D eigenvalue weighted by Gasteiger charge is -1.95. The zero-order valence-electron chi connectivity index (χ0n) is 7.79. The van der Waals surface area contributed by atoms with Crippen molar-refractivity contribution in [2.45, 2.75) is 6.42 Å². The van der Waals surface area contributed by atoms with Crippen molar-refractivity contribution in [3.05, 3.63) is 34.1 Å². The van der Waals surface area contributed by atoms with Crippen LogP contribution in [0.25, 0.3) is 10.4 Å². The molecule has 0 aromatic heterocycles. The molecule has 0 bridgehead atoms. The summed E-state index contributed by atoms with van der Waals surface area (Å²) in [7, 11) is 0. The summed E-state index contributed by atoms with van der Waals surface area (Å²) in [5, 5.41) is 4.68. The first-order valence-electron chi connectivity index (χ1n) is 3.87. The summed E-state index contributed by atoms with van der Waals surface area (Å²) in [6.07, 6.45) is 7.28. The molecule has 0 rings (SSSR count). The van der Waals surface area contributed by atoms with E-state index in [0.717, 1.165) is 0 Å². The highest BCUT2D eigenvalue weighted by molar-refractivity contribution is 8.01. The topological polar surface area (TPSA) is 75.1 Å². The van der Waals surface area contributed by atoms with E-state index < -0.39 is 6.09 Å². The fourth-order valence-electron chi connectivity index (χ4n) is 0.578. The molecule has 0 aliphatic heterocycles. The highest BCUT2D eigenvalue weighted by Gasteiger charge is 1.94. The van der Waals surface area contributed by atoms with Gasteiger partial charge in [-0.25, -0.2) is 4.79 Å². The van der Waals surface area contributed by atoms with Gasteiger partial charge < -0.3 is 4.74 Å². The Labute approximate surface area is 86.4 Å². The third-order valence-corrected chi connectivity index (χ3v) is 1.53. The normalized spacial score (nSPS) is 10.4. The molecule has 0 spiro atoms. The van der Waals surface area contributed by atoms with Crippen LogP contribution in [0.2, 0.25) is 0 Å². The Morgan fingerprint density at radius 1 is 1.64 bits per heavy atom. The van der Waals surface area contributed by atoms with Crippen molar-refractivity contribution in [3.63, 3.8) is 0 Å². The van der Waals surface area contributed by atoms with E-state index in [0.29, 0.717) is 6.42 Å². The SMILES string of the molecule is CS/C=C/C=C/CCOC(=O)N=[N+]=[N-]. The number of carbonyl (C=O) groups excluding carboxylic acids is 1. The van der Waals surface area contributed by atoms with Crippen molar-refractivity contribution in [2.24, 2.45) is 5.11 Å². The largest absolute Gasteiger partial charge is 0.461 e. The van der Waals surface area contributed by atoms with Gasteiger partial charge in [-0.1, -0.05) is 18.2 Å². The van der Waals surface area contributed by atoms with Crippen LogP contribution in [0, 0.1) is 0 Å². The third-order valence-electron chi connectivity index (χ3n) is 1.10. The smallest absolute Gasteiger partial charge is 0.396 e. The summed E-state index contributed by atoms with van der Waals surface area (Å²) in [5.74, 6) is 0. The lowest BCUT2D eigenvalue weighted by Crippen LogP contribution is -1.98. The number of rotatable bonds is 5. The molecular weight excluding hydrogens is 202 g/mol. The van der Waals surface area contributed by atoms with Crippen molar-refractivity contribution in [3.8, 4) is 0 Å². The molecule has 0 atom stereocenters. The van der Waals surface area contributed by atoms with E-state index in [1.54, 1.807) is 11.8 Å². The van der Waals surface area contributed by atoms with E-state index in [4.69, 9.17) is 5.53 Å². The number of allylic oxidation sites excluding steroid dienone is 2. The van der Waals surface area contributed by atoms with Crippen LogP contribution in [0.4, 0.5) is 4.79 Å². The average molecular weight is 213 g/mol. The number of nitrogens with zero attached hydrogens (tertiary/aromatic N) is 3. The second-order valence-corrected chi connectivity index (χ2v) is 2.83. The molecule has 1 amide bonds. The minimum absolute atomic E-state index is 0.224. The second kappa shape index (κ2) is 9.70. The van der Waals surface area contributed by atoms with Crippen molar-refractivity contribution < 1.29 is 9.53 Å². The Morgan fingerprint density at radius 2 is 2.43 bits per heavy atom. The van der Waals surface area contributed by atoms with Crippen LogP contribution in [-0.4, -0.2) is 19.0 Å². The molecule has 0 fully saturated rings. The molecule has 5 nitrogen and oxygen atoms in total. The molecule has 6 heteroatoms. The minimum atomic E-state index is -0.888. The van der Waals surface area contributed by atoms with Crippen molar-refractivity contribution in [1.82, 2.24) is 0 Å². The Balaban J connectivity index is 3.46. The fourth-order valence-corrected chi connectivity index (χ4v) is 0.826. The lowest BCUT2D eigenvalue weighted by molar-refractivity contribution is 0.159. The molecule has 0 N–H and O–H groups in total. The molecule has 0 aromatic carbocycles. The van der Waals surface area contributed by atoms with E-state index in [2.05, 4.69) is 14.8 Å². The molecule has 0 aliphatic carbocycles. The van der Waals surface area contributed by atoms with E-state index >= 15 is 0 Å². The first kappa shape index (κ1) is 12.6. The Kier molecular flexibility index (Phi) is 8.73. The molecule has 0 saturated heterocycles. The zero-order chi connectivity index (χ0) is 10.6. The maximum Gasteiger partial charge on any atom is 0.396 e. The van der Waals surface area contributed by atoms with Gasteiger partial charge in [0.15, 0.2) is 0 Å². The summed E-state index contributed by atoms with van der Waals surface area (Å²) in [6.45, 7) is 0.224. The number of amides is 1. The van der Waals surface area contributed by atoms with Gasteiger partial charge in [-0.3, -0.25) is 0 Å². The first-order valence-corrected chi connectivity index (χ1v) is 5.16. The van der Waals surface area contributed by atoms with Gasteiger partial charge in [0.05, 0.1) is 6.61 Å². The van der Waals surface area contributed by atoms with E-state index in [1.807, 2.05) is 29.9 Å². The molecule has 0 aliphatic rings. The summed E-state index contributed by atoms with van der Waals surface area (Å²) >= 11 is 1.60. The molecule has 0 unspecified atom stereocenters. The number of ether oxygens (including phenoxy) is 1. The first-order chi connectivity index (χ1) is 6.81. The number of hydrogen-bond donors (Lipinski definition) is 0. The number of azide groups is 1. The molecule has 0 heterocycles. The summed E-state index contributed by atoms with van der Waals surface area (Å²) in [5.41, 5.74) is 7.87. The average Bonchev–Trinajstić information content (AvgIpc) is 2.17. The molecule has 0 saturated carbocycles. The van der Waals surface area contributed by atoms with Crippen molar-refractivity contribution in [1.29, 1.82) is 0 Å². The van der Waals surface area contributed by atoms with Gasteiger partial charge in [0.2, 0.25) is 0 Å². The van der Waals surface area contributed by atoms with Gasteiger partial charge >= 0.3 is 6.09 Å². The lowest BCUT2D eigenvalue weighted by atomic mass is 10.4. The fraction of sp³-hybridized carbons (Fsp3) is 0.375. The van der Waals surface area contributed by atoms with Gasteiger partial charge in [-0.05, 0) is 23.6 Å². The number of thioether (sulfide) groups is 1. The highest BCUT2D eigenvalue weighted by atomic mass is 32.2. The van der Waals surface area contributed by atoms with E-state index in [-0.39, 0.29) is 6.61 Å². The van der Waals surface area contributed by atoms with Gasteiger partial charge in [0.25, 0.3) is 0 Å². The zero-order valence-corrected chi connectivity index (χ0v) is 8.61. The Bertz CT molecular complexity index is 270. The van der Waals surface area contributed by atoms with Gasteiger partial charge in [-0.2, -0.15) is 0 Å². The number of carbonyl (C=O) groups is 1. The van der Waals surface area contributed by atoms with Gasteiger partial charge in [0.1, 0.15) is 0 Å². The molecule has 76 valence electrons. The molecule has 0 aromatic rings. The van der Waals surface area contributed by atoms with Crippen LogP contribution in [0.1, 0.15) is 6.42 Å². The van der Waals surface area contributed by atoms with Crippen molar-refractivity contribution >= 4 is 17.9 Å². The molecule has 0 radical (unpaired) electrons. The highest BCUT2D eigenvalue weighted by Crippen LogP contribution is 1.94. The monoisotopic (exact) mass is 213 g/mol. The van der Waals surface area contributed by atoms with Crippen LogP contribution in [0.5, 0.6) is 0 Å². The predicted molar refractivity (Wildman–Crippen MR) is 56.9 cm³/mol. The summed E-state index contributed by atoms with van der Waals surface area (Å²) < 4.78 is 4.55. The van der Waals surface area contributed by atoms with Gasteiger partial charge in [0, 0.05) is 10.0 Å². The Hall–Kier alpha value is -1.39.